The van der Waals surface area contributed by atoms with Crippen LogP contribution in [0.1, 0.15) is 13.3 Å². The molecule has 0 saturated carbocycles. The fraction of sp³-hybridized carbons (Fsp3) is 0.400. The molecule has 2 nitrogen and oxygen atoms in total. The summed E-state index contributed by atoms with van der Waals surface area (Å²) in [6.45, 7) is 1.84. The predicted molar refractivity (Wildman–Crippen MR) is 25.0 cm³/mol. The first-order valence-electron chi connectivity index (χ1n) is 2.13. The molecule has 1 N–H and O–H groups in total. The average Bonchev–Trinajstić information content (AvgIpc) is 2.17. The van der Waals surface area contributed by atoms with Crippen LogP contribution in [-0.4, -0.2) is 11.1 Å². The van der Waals surface area contributed by atoms with Gasteiger partial charge in [-0.3, -0.25) is 0 Å². The van der Waals surface area contributed by atoms with E-state index in [1.807, 2.05) is 6.92 Å². The number of carboxylic acids is 1. The number of carboxylic acid groups (broad SMARTS) is 1. The zero-order valence-corrected chi connectivity index (χ0v) is 4.06. The minimum Gasteiger partial charge on any atom is -0.478 e. The molecule has 0 heterocycles. The number of rotatable bonds is 1. The van der Waals surface area contributed by atoms with Crippen molar-refractivity contribution in [2.45, 2.75) is 13.3 Å². The van der Waals surface area contributed by atoms with E-state index in [4.69, 9.17) is 5.11 Å². The van der Waals surface area contributed by atoms with Gasteiger partial charge in [-0.05, 0) is 6.92 Å². The largest absolute Gasteiger partial charge is 0.478 e. The maximum Gasteiger partial charge on any atom is 0.331 e. The highest BCUT2D eigenvalue weighted by Gasteiger charge is 2.22. The van der Waals surface area contributed by atoms with Gasteiger partial charge < -0.3 is 5.11 Å². The van der Waals surface area contributed by atoms with Crippen molar-refractivity contribution in [1.29, 1.82) is 0 Å². The molecule has 7 heavy (non-hydrogen) atoms. The lowest BCUT2D eigenvalue weighted by atomic mass is 10.5. The van der Waals surface area contributed by atoms with E-state index in [-0.39, 0.29) is 0 Å². The van der Waals surface area contributed by atoms with Gasteiger partial charge >= 0.3 is 5.97 Å². The Kier molecular flexibility index (Phi) is 0.680. The minimum atomic E-state index is -0.752. The second-order valence-electron chi connectivity index (χ2n) is 1.74. The molecule has 0 amide bonds. The van der Waals surface area contributed by atoms with Crippen molar-refractivity contribution in [1.82, 2.24) is 0 Å². The summed E-state index contributed by atoms with van der Waals surface area (Å²) in [6.07, 6.45) is 0.718. The standard InChI is InChI=1S/C5H6O2/c1-3-2-4(3)5(6)7/h2H2,1H3,(H,6,7). The van der Waals surface area contributed by atoms with Crippen molar-refractivity contribution >= 4 is 5.97 Å². The Balaban J connectivity index is 2.62. The molecule has 0 spiro atoms. The van der Waals surface area contributed by atoms with Gasteiger partial charge in [-0.1, -0.05) is 5.57 Å². The van der Waals surface area contributed by atoms with Crippen LogP contribution in [-0.2, 0) is 4.79 Å². The lowest BCUT2D eigenvalue weighted by Gasteiger charge is -1.71. The van der Waals surface area contributed by atoms with E-state index in [0.29, 0.717) is 5.57 Å². The van der Waals surface area contributed by atoms with Crippen LogP contribution in [0.5, 0.6) is 0 Å². The average molecular weight is 98.1 g/mol. The van der Waals surface area contributed by atoms with Gasteiger partial charge in [-0.25, -0.2) is 4.79 Å². The van der Waals surface area contributed by atoms with E-state index < -0.39 is 5.97 Å². The fourth-order valence-corrected chi connectivity index (χ4v) is 0.479. The van der Waals surface area contributed by atoms with Crippen LogP contribution < -0.4 is 0 Å². The van der Waals surface area contributed by atoms with Crippen LogP contribution in [0.3, 0.4) is 0 Å². The molecule has 0 aliphatic heterocycles. The van der Waals surface area contributed by atoms with Gasteiger partial charge in [0.15, 0.2) is 0 Å². The lowest BCUT2D eigenvalue weighted by molar-refractivity contribution is -0.132. The molecule has 0 bridgehead atoms. The normalized spacial score (nSPS) is 17.3. The van der Waals surface area contributed by atoms with Gasteiger partial charge in [0.25, 0.3) is 0 Å². The van der Waals surface area contributed by atoms with Gasteiger partial charge in [0.1, 0.15) is 0 Å². The number of hydrogen-bond donors (Lipinski definition) is 1. The van der Waals surface area contributed by atoms with E-state index in [2.05, 4.69) is 0 Å². The van der Waals surface area contributed by atoms with Crippen LogP contribution in [0, 0.1) is 0 Å². The molecule has 0 fully saturated rings. The molecule has 0 atom stereocenters. The fourth-order valence-electron chi connectivity index (χ4n) is 0.479. The number of carbonyl (C=O) groups is 1. The number of hydrogen-bond acceptors (Lipinski definition) is 1. The van der Waals surface area contributed by atoms with Crippen molar-refractivity contribution in [2.24, 2.45) is 0 Å². The lowest BCUT2D eigenvalue weighted by Crippen LogP contribution is -1.87. The first kappa shape index (κ1) is 4.37. The highest BCUT2D eigenvalue weighted by molar-refractivity contribution is 5.93. The van der Waals surface area contributed by atoms with E-state index in [0.717, 1.165) is 12.0 Å². The topological polar surface area (TPSA) is 37.3 Å². The Hall–Kier alpha value is -0.790. The maximum atomic E-state index is 9.91. The first-order valence-corrected chi connectivity index (χ1v) is 2.13. The Morgan fingerprint density at radius 2 is 2.29 bits per heavy atom. The first-order chi connectivity index (χ1) is 3.22. The van der Waals surface area contributed by atoms with Crippen molar-refractivity contribution in [2.75, 3.05) is 0 Å². The quantitative estimate of drug-likeness (QED) is 0.526. The van der Waals surface area contributed by atoms with E-state index in [1.165, 1.54) is 0 Å². The Morgan fingerprint density at radius 3 is 2.29 bits per heavy atom. The predicted octanol–water partition coefficient (Wildman–Crippen LogP) is 0.791. The maximum absolute atomic E-state index is 9.91. The van der Waals surface area contributed by atoms with Gasteiger partial charge in [0.05, 0.1) is 0 Å². The molecule has 38 valence electrons. The molecular formula is C5H6O2. The molecule has 0 unspecified atom stereocenters. The van der Waals surface area contributed by atoms with Crippen LogP contribution in [0.2, 0.25) is 0 Å². The van der Waals surface area contributed by atoms with Crippen molar-refractivity contribution in [3.05, 3.63) is 11.1 Å². The van der Waals surface area contributed by atoms with Crippen molar-refractivity contribution in [3.63, 3.8) is 0 Å². The Labute approximate surface area is 41.5 Å². The molecule has 1 aliphatic rings. The zero-order valence-electron chi connectivity index (χ0n) is 4.06. The summed E-state index contributed by atoms with van der Waals surface area (Å²) in [5.41, 5.74) is 1.62. The summed E-state index contributed by atoms with van der Waals surface area (Å²) in [5.74, 6) is -0.752. The zero-order chi connectivity index (χ0) is 5.44. The third-order valence-corrected chi connectivity index (χ3v) is 1.09. The summed E-state index contributed by atoms with van der Waals surface area (Å²) in [7, 11) is 0. The summed E-state index contributed by atoms with van der Waals surface area (Å²) in [5, 5.41) is 8.17. The smallest absolute Gasteiger partial charge is 0.331 e. The van der Waals surface area contributed by atoms with Crippen LogP contribution in [0.15, 0.2) is 11.1 Å². The molecule has 2 heteroatoms. The molecule has 0 aromatic carbocycles. The second-order valence-corrected chi connectivity index (χ2v) is 1.74. The number of allylic oxidation sites excluding steroid dienone is 1. The van der Waals surface area contributed by atoms with Crippen LogP contribution in [0.25, 0.3) is 0 Å². The third-order valence-electron chi connectivity index (χ3n) is 1.09. The minimum absolute atomic E-state index is 0.597. The van der Waals surface area contributed by atoms with Gasteiger partial charge in [-0.15, -0.1) is 0 Å². The molecule has 0 saturated heterocycles. The van der Waals surface area contributed by atoms with Crippen LogP contribution in [0.4, 0.5) is 0 Å². The van der Waals surface area contributed by atoms with Crippen LogP contribution >= 0.6 is 0 Å². The van der Waals surface area contributed by atoms with Crippen molar-refractivity contribution < 1.29 is 9.90 Å². The SMILES string of the molecule is CC1=C(C(=O)O)C1. The second kappa shape index (κ2) is 1.09. The molecule has 0 aromatic heterocycles. The van der Waals surface area contributed by atoms with Crippen molar-refractivity contribution in [3.8, 4) is 0 Å². The summed E-state index contributed by atoms with van der Waals surface area (Å²) < 4.78 is 0. The molecular weight excluding hydrogens is 92.1 g/mol. The molecule has 0 radical (unpaired) electrons. The summed E-state index contributed by atoms with van der Waals surface area (Å²) in [6, 6.07) is 0. The summed E-state index contributed by atoms with van der Waals surface area (Å²) >= 11 is 0. The van der Waals surface area contributed by atoms with Gasteiger partial charge in [0, 0.05) is 12.0 Å². The third kappa shape index (κ3) is 0.633. The Morgan fingerprint density at radius 1 is 1.86 bits per heavy atom. The van der Waals surface area contributed by atoms with E-state index >= 15 is 0 Å². The number of aliphatic carboxylic acids is 1. The highest BCUT2D eigenvalue weighted by Crippen LogP contribution is 2.29. The molecule has 0 aromatic rings. The highest BCUT2D eigenvalue weighted by atomic mass is 16.4. The monoisotopic (exact) mass is 98.0 g/mol. The Bertz CT molecular complexity index is 139. The van der Waals surface area contributed by atoms with E-state index in [9.17, 15) is 4.79 Å². The summed E-state index contributed by atoms with van der Waals surface area (Å²) in [4.78, 5) is 9.91. The van der Waals surface area contributed by atoms with E-state index in [1.54, 1.807) is 0 Å². The molecule has 1 aliphatic carbocycles. The van der Waals surface area contributed by atoms with Gasteiger partial charge in [0.2, 0.25) is 0 Å². The van der Waals surface area contributed by atoms with Gasteiger partial charge in [-0.2, -0.15) is 0 Å². The molecule has 1 rings (SSSR count).